The fourth-order valence-corrected chi connectivity index (χ4v) is 1.81. The van der Waals surface area contributed by atoms with Crippen LogP contribution in [0.25, 0.3) is 0 Å². The summed E-state index contributed by atoms with van der Waals surface area (Å²) in [6.07, 6.45) is -7.90. The molecule has 0 aromatic heterocycles. The molecule has 0 bridgehead atoms. The molecule has 3 nitrogen and oxygen atoms in total. The normalized spacial score (nSPS) is 12.1. The lowest BCUT2D eigenvalue weighted by atomic mass is 10.1. The number of rotatable bonds is 3. The highest BCUT2D eigenvalue weighted by molar-refractivity contribution is 5.67. The van der Waals surface area contributed by atoms with Crippen LogP contribution in [0.1, 0.15) is 23.1 Å². The molecule has 0 aliphatic carbocycles. The van der Waals surface area contributed by atoms with Crippen LogP contribution in [0.2, 0.25) is 0 Å². The summed E-state index contributed by atoms with van der Waals surface area (Å²) in [4.78, 5) is 22.3. The number of anilines is 2. The van der Waals surface area contributed by atoms with Gasteiger partial charge in [-0.25, -0.2) is 8.78 Å². The molecule has 0 amide bonds. The molecule has 0 saturated heterocycles. The van der Waals surface area contributed by atoms with Gasteiger partial charge in [0.25, 0.3) is 6.43 Å². The molecule has 2 rings (SSSR count). The fraction of sp³-hybridized carbons (Fsp3) is 0.231. The molecule has 0 spiro atoms. The van der Waals surface area contributed by atoms with Crippen LogP contribution in [-0.4, -0.2) is 0 Å². The van der Waals surface area contributed by atoms with Crippen molar-refractivity contribution >= 4 is 11.4 Å². The van der Waals surface area contributed by atoms with E-state index in [0.29, 0.717) is 12.1 Å². The van der Waals surface area contributed by atoms with Crippen molar-refractivity contribution in [2.45, 2.75) is 19.5 Å². The first-order valence-corrected chi connectivity index (χ1v) is 5.68. The predicted molar refractivity (Wildman–Crippen MR) is 65.8 cm³/mol. The number of nitrogens with one attached hydrogen (secondary N) is 1. The Kier molecular flexibility index (Phi) is 3.56. The highest BCUT2D eigenvalue weighted by Gasteiger charge is 2.32. The lowest BCUT2D eigenvalue weighted by Crippen LogP contribution is -2.36. The van der Waals surface area contributed by atoms with Gasteiger partial charge >= 0.3 is 6.18 Å². The minimum absolute atomic E-state index is 0.0519. The highest BCUT2D eigenvalue weighted by atomic mass is 19.4. The van der Waals surface area contributed by atoms with E-state index < -0.39 is 34.6 Å². The Morgan fingerprint density at radius 1 is 1.05 bits per heavy atom. The number of hydrogen-bond donors (Lipinski definition) is 1. The molecule has 0 fully saturated rings. The maximum Gasteiger partial charge on any atom is 0.416 e. The first-order chi connectivity index (χ1) is 9.61. The summed E-state index contributed by atoms with van der Waals surface area (Å²) < 4.78 is 63.2. The Labute approximate surface area is 114 Å². The van der Waals surface area contributed by atoms with Gasteiger partial charge in [-0.1, -0.05) is 0 Å². The second kappa shape index (κ2) is 4.94. The first-order valence-electron chi connectivity index (χ1n) is 5.68. The third-order valence-electron chi connectivity index (χ3n) is 2.95. The third kappa shape index (κ3) is 2.79. The van der Waals surface area contributed by atoms with E-state index in [-0.39, 0.29) is 16.9 Å². The zero-order valence-corrected chi connectivity index (χ0v) is 10.5. The van der Waals surface area contributed by atoms with Crippen LogP contribution in [0.5, 0.6) is 0 Å². The van der Waals surface area contributed by atoms with Crippen molar-refractivity contribution in [2.24, 2.45) is 0 Å². The van der Waals surface area contributed by atoms with Crippen molar-refractivity contribution < 1.29 is 22.0 Å². The average molecular weight is 305 g/mol. The third-order valence-corrected chi connectivity index (χ3v) is 2.95. The maximum atomic E-state index is 12.7. The minimum atomic E-state index is -4.80. The van der Waals surface area contributed by atoms with Gasteiger partial charge in [0, 0.05) is 16.8 Å². The van der Waals surface area contributed by atoms with E-state index in [0.717, 1.165) is 6.07 Å². The van der Waals surface area contributed by atoms with Crippen molar-refractivity contribution in [3.63, 3.8) is 0 Å². The maximum absolute atomic E-state index is 12.7. The number of benzene rings is 1. The van der Waals surface area contributed by atoms with Gasteiger partial charge in [-0.15, -0.1) is 0 Å². The topological polar surface area (TPSA) is 46.2 Å². The molecule has 0 heterocycles. The average Bonchev–Trinajstić information content (AvgIpc) is 2.42. The zero-order chi connectivity index (χ0) is 15.9. The molecule has 2 aromatic carbocycles. The largest absolute Gasteiger partial charge is 0.416 e. The van der Waals surface area contributed by atoms with E-state index in [2.05, 4.69) is 5.32 Å². The Morgan fingerprint density at radius 2 is 1.67 bits per heavy atom. The van der Waals surface area contributed by atoms with Gasteiger partial charge in [-0.05, 0) is 25.1 Å². The van der Waals surface area contributed by atoms with Gasteiger partial charge in [0.1, 0.15) is 0 Å². The van der Waals surface area contributed by atoms with Crippen LogP contribution in [-0.2, 0) is 6.18 Å². The van der Waals surface area contributed by atoms with Crippen LogP contribution >= 0.6 is 0 Å². The molecule has 0 aliphatic rings. The monoisotopic (exact) mass is 305 g/mol. The summed E-state index contributed by atoms with van der Waals surface area (Å²) in [7, 11) is 0. The second-order valence-electron chi connectivity index (χ2n) is 4.43. The van der Waals surface area contributed by atoms with Gasteiger partial charge < -0.3 is 5.32 Å². The van der Waals surface area contributed by atoms with Gasteiger partial charge in [0.05, 0.1) is 11.3 Å². The number of hydrogen-bond acceptors (Lipinski definition) is 3. The number of halogens is 5. The van der Waals surface area contributed by atoms with Crippen LogP contribution < -0.4 is 16.2 Å². The lowest BCUT2D eigenvalue weighted by Gasteiger charge is -2.15. The molecular formula is C13H8F5NO2. The van der Waals surface area contributed by atoms with Gasteiger partial charge in [0.2, 0.25) is 10.9 Å². The van der Waals surface area contributed by atoms with E-state index >= 15 is 0 Å². The molecule has 0 atom stereocenters. The standard InChI is InChI=1S/C13H8F5NO2/c1-5-9(11(21)10(5)20)19-8-3-6(12(14)15)2-7(4-8)13(16,17)18/h2-4,12,19H,1H3. The zero-order valence-electron chi connectivity index (χ0n) is 10.5. The molecule has 8 heteroatoms. The van der Waals surface area contributed by atoms with Crippen molar-refractivity contribution in [1.82, 2.24) is 0 Å². The summed E-state index contributed by atoms with van der Waals surface area (Å²) in [5.74, 6) is 0. The van der Waals surface area contributed by atoms with Crippen molar-refractivity contribution in [1.29, 1.82) is 0 Å². The Morgan fingerprint density at radius 3 is 2.14 bits per heavy atom. The molecule has 1 N–H and O–H groups in total. The van der Waals surface area contributed by atoms with E-state index in [1.165, 1.54) is 6.92 Å². The Bertz CT molecular complexity index is 757. The molecule has 21 heavy (non-hydrogen) atoms. The number of alkyl halides is 5. The van der Waals surface area contributed by atoms with Crippen LogP contribution in [0.3, 0.4) is 0 Å². The fourth-order valence-electron chi connectivity index (χ4n) is 1.81. The lowest BCUT2D eigenvalue weighted by molar-refractivity contribution is -0.137. The Hall–Kier alpha value is -2.25. The smallest absolute Gasteiger partial charge is 0.352 e. The highest BCUT2D eigenvalue weighted by Crippen LogP contribution is 2.35. The first kappa shape index (κ1) is 15.1. The summed E-state index contributed by atoms with van der Waals surface area (Å²) in [6.45, 7) is 1.31. The SMILES string of the molecule is Cc1c(Nc2cc(C(F)F)cc(C(F)(F)F)c2)c(=O)c1=O. The van der Waals surface area contributed by atoms with Gasteiger partial charge in [0.15, 0.2) is 0 Å². The summed E-state index contributed by atoms with van der Waals surface area (Å²) >= 11 is 0. The molecule has 0 aliphatic heterocycles. The summed E-state index contributed by atoms with van der Waals surface area (Å²) in [5.41, 5.74) is -4.18. The predicted octanol–water partition coefficient (Wildman–Crippen LogP) is 3.29. The van der Waals surface area contributed by atoms with Crippen molar-refractivity contribution in [2.75, 3.05) is 5.32 Å². The molecule has 112 valence electrons. The second-order valence-corrected chi connectivity index (χ2v) is 4.43. The van der Waals surface area contributed by atoms with Crippen LogP contribution in [0, 0.1) is 6.92 Å². The van der Waals surface area contributed by atoms with Crippen LogP contribution in [0.4, 0.5) is 33.3 Å². The van der Waals surface area contributed by atoms with Gasteiger partial charge in [-0.3, -0.25) is 9.59 Å². The van der Waals surface area contributed by atoms with E-state index in [1.807, 2.05) is 0 Å². The summed E-state index contributed by atoms with van der Waals surface area (Å²) in [5, 5.41) is 2.29. The van der Waals surface area contributed by atoms with Gasteiger partial charge in [-0.2, -0.15) is 13.2 Å². The Balaban J connectivity index is 2.47. The van der Waals surface area contributed by atoms with Crippen LogP contribution in [0.15, 0.2) is 27.8 Å². The van der Waals surface area contributed by atoms with E-state index in [4.69, 9.17) is 0 Å². The molecular weight excluding hydrogens is 297 g/mol. The van der Waals surface area contributed by atoms with E-state index in [1.54, 1.807) is 0 Å². The van der Waals surface area contributed by atoms with Crippen molar-refractivity contribution in [3.05, 3.63) is 55.3 Å². The minimum Gasteiger partial charge on any atom is -0.352 e. The van der Waals surface area contributed by atoms with E-state index in [9.17, 15) is 31.5 Å². The summed E-state index contributed by atoms with van der Waals surface area (Å²) in [6, 6.07) is 1.74. The molecule has 0 saturated carbocycles. The molecule has 0 radical (unpaired) electrons. The quantitative estimate of drug-likeness (QED) is 0.699. The molecule has 2 aromatic rings. The molecule has 0 unspecified atom stereocenters. The van der Waals surface area contributed by atoms with Crippen molar-refractivity contribution in [3.8, 4) is 0 Å².